The van der Waals surface area contributed by atoms with Crippen LogP contribution in [0.5, 0.6) is 5.75 Å². The zero-order valence-corrected chi connectivity index (χ0v) is 20.8. The molecule has 0 radical (unpaired) electrons. The molecule has 0 unspecified atom stereocenters. The monoisotopic (exact) mass is 478 g/mol. The van der Waals surface area contributed by atoms with Gasteiger partial charge in [0.25, 0.3) is 5.91 Å². The van der Waals surface area contributed by atoms with Crippen molar-refractivity contribution >= 4 is 29.1 Å². The van der Waals surface area contributed by atoms with Crippen molar-refractivity contribution < 1.29 is 19.1 Å². The second-order valence-electron chi connectivity index (χ2n) is 8.90. The van der Waals surface area contributed by atoms with Crippen LogP contribution in [0, 0.1) is 0 Å². The third-order valence-electron chi connectivity index (χ3n) is 6.90. The highest BCUT2D eigenvalue weighted by Crippen LogP contribution is 2.40. The number of rotatable bonds is 8. The van der Waals surface area contributed by atoms with Crippen LogP contribution in [-0.4, -0.2) is 62.0 Å². The molecule has 8 heteroatoms. The maximum atomic E-state index is 13.5. The number of nitrogens with one attached hydrogen (secondary N) is 1. The van der Waals surface area contributed by atoms with Gasteiger partial charge in [-0.1, -0.05) is 18.2 Å². The molecule has 2 heterocycles. The van der Waals surface area contributed by atoms with Gasteiger partial charge in [-0.25, -0.2) is 0 Å². The van der Waals surface area contributed by atoms with E-state index in [4.69, 9.17) is 4.74 Å². The number of fused-ring (bicyclic) bond motifs is 3. The van der Waals surface area contributed by atoms with Crippen LogP contribution in [0.25, 0.3) is 0 Å². The molecule has 2 aromatic rings. The highest BCUT2D eigenvalue weighted by Gasteiger charge is 2.40. The van der Waals surface area contributed by atoms with Crippen molar-refractivity contribution in [1.29, 1.82) is 0 Å². The average molecular weight is 479 g/mol. The Labute approximate surface area is 206 Å². The number of hydrogen-bond acceptors (Lipinski definition) is 5. The van der Waals surface area contributed by atoms with Crippen molar-refractivity contribution in [2.45, 2.75) is 45.7 Å². The topological polar surface area (TPSA) is 82.2 Å². The van der Waals surface area contributed by atoms with Gasteiger partial charge in [0.05, 0.1) is 18.5 Å². The zero-order valence-electron chi connectivity index (χ0n) is 20.8. The van der Waals surface area contributed by atoms with Crippen molar-refractivity contribution in [3.8, 4) is 5.75 Å². The quantitative estimate of drug-likeness (QED) is 0.630. The Balaban J connectivity index is 1.60. The van der Waals surface area contributed by atoms with E-state index in [9.17, 15) is 14.4 Å². The van der Waals surface area contributed by atoms with Crippen molar-refractivity contribution in [1.82, 2.24) is 10.2 Å². The lowest BCUT2D eigenvalue weighted by Crippen LogP contribution is -2.57. The number of carbonyl (C=O) groups excluding carboxylic acids is 3. The van der Waals surface area contributed by atoms with Gasteiger partial charge in [-0.15, -0.1) is 0 Å². The van der Waals surface area contributed by atoms with E-state index in [-0.39, 0.29) is 30.3 Å². The SMILES string of the molecule is CCN(CC)C(=O)c1ccc2c(c1)N(CC(=O)NCc1ccccc1OC)C(=O)[C@H]1CCCCN21. The Bertz CT molecular complexity index is 1100. The summed E-state index contributed by atoms with van der Waals surface area (Å²) in [4.78, 5) is 45.0. The van der Waals surface area contributed by atoms with Gasteiger partial charge in [0.1, 0.15) is 18.3 Å². The lowest BCUT2D eigenvalue weighted by Gasteiger charge is -2.45. The molecule has 0 bridgehead atoms. The third-order valence-corrected chi connectivity index (χ3v) is 6.90. The fourth-order valence-electron chi connectivity index (χ4n) is 4.99. The van der Waals surface area contributed by atoms with E-state index in [1.807, 2.05) is 50.2 Å². The highest BCUT2D eigenvalue weighted by molar-refractivity contribution is 6.09. The molecule has 1 atom stereocenters. The fourth-order valence-corrected chi connectivity index (χ4v) is 4.99. The number of benzene rings is 2. The number of hydrogen-bond donors (Lipinski definition) is 1. The lowest BCUT2D eigenvalue weighted by molar-refractivity contribution is -0.125. The van der Waals surface area contributed by atoms with E-state index in [2.05, 4.69) is 10.2 Å². The van der Waals surface area contributed by atoms with Gasteiger partial charge in [0.15, 0.2) is 0 Å². The molecule has 1 fully saturated rings. The number of ether oxygens (including phenoxy) is 1. The van der Waals surface area contributed by atoms with Crippen molar-refractivity contribution in [3.05, 3.63) is 53.6 Å². The van der Waals surface area contributed by atoms with Crippen LogP contribution in [0.15, 0.2) is 42.5 Å². The van der Waals surface area contributed by atoms with E-state index in [1.54, 1.807) is 23.0 Å². The summed E-state index contributed by atoms with van der Waals surface area (Å²) in [6.07, 6.45) is 2.76. The average Bonchev–Trinajstić information content (AvgIpc) is 2.90. The number of methoxy groups -OCH3 is 1. The molecule has 2 aliphatic heterocycles. The Morgan fingerprint density at radius 2 is 1.86 bits per heavy atom. The highest BCUT2D eigenvalue weighted by atomic mass is 16.5. The van der Waals surface area contributed by atoms with Crippen molar-refractivity contribution in [3.63, 3.8) is 0 Å². The Kier molecular flexibility index (Phi) is 7.58. The first-order valence-corrected chi connectivity index (χ1v) is 12.4. The summed E-state index contributed by atoms with van der Waals surface area (Å²) in [6, 6.07) is 12.8. The normalized spacial score (nSPS) is 16.9. The predicted octanol–water partition coefficient (Wildman–Crippen LogP) is 3.20. The summed E-state index contributed by atoms with van der Waals surface area (Å²) >= 11 is 0. The minimum Gasteiger partial charge on any atom is -0.496 e. The minimum atomic E-state index is -0.275. The lowest BCUT2D eigenvalue weighted by atomic mass is 9.95. The maximum absolute atomic E-state index is 13.5. The van der Waals surface area contributed by atoms with Crippen LogP contribution < -0.4 is 19.9 Å². The van der Waals surface area contributed by atoms with Gasteiger partial charge in [0, 0.05) is 37.3 Å². The third kappa shape index (κ3) is 4.97. The molecule has 4 rings (SSSR count). The number of anilines is 2. The molecule has 3 amide bonds. The van der Waals surface area contributed by atoms with Gasteiger partial charge in [0.2, 0.25) is 11.8 Å². The van der Waals surface area contributed by atoms with Gasteiger partial charge < -0.3 is 19.9 Å². The molecule has 0 aliphatic carbocycles. The first-order chi connectivity index (χ1) is 17.0. The standard InChI is InChI=1S/C27H34N4O4/c1-4-29(5-2)26(33)19-13-14-21-23(16-19)31(27(34)22-11-8-9-15-30(21)22)18-25(32)28-17-20-10-6-7-12-24(20)35-3/h6-7,10,12-14,16,22H,4-5,8-9,11,15,17-18H2,1-3H3,(H,28,32)/t22-/m1/s1. The number of nitrogens with zero attached hydrogens (tertiary/aromatic N) is 3. The Hall–Kier alpha value is -3.55. The number of para-hydroxylation sites is 1. The van der Waals surface area contributed by atoms with Crippen LogP contribution in [0.4, 0.5) is 11.4 Å². The van der Waals surface area contributed by atoms with Crippen LogP contribution in [0.3, 0.4) is 0 Å². The second kappa shape index (κ2) is 10.8. The van der Waals surface area contributed by atoms with Gasteiger partial charge in [-0.3, -0.25) is 19.3 Å². The Morgan fingerprint density at radius 1 is 1.09 bits per heavy atom. The molecule has 2 aliphatic rings. The summed E-state index contributed by atoms with van der Waals surface area (Å²) < 4.78 is 5.37. The molecule has 186 valence electrons. The molecule has 0 spiro atoms. The number of carbonyl (C=O) groups is 3. The van der Waals surface area contributed by atoms with E-state index in [0.29, 0.717) is 36.6 Å². The molecule has 35 heavy (non-hydrogen) atoms. The van der Waals surface area contributed by atoms with Crippen LogP contribution >= 0.6 is 0 Å². The molecule has 1 saturated heterocycles. The number of amides is 3. The molecule has 0 aromatic heterocycles. The largest absolute Gasteiger partial charge is 0.496 e. The molecule has 0 saturated carbocycles. The summed E-state index contributed by atoms with van der Waals surface area (Å²) in [6.45, 7) is 6.09. The summed E-state index contributed by atoms with van der Waals surface area (Å²) in [5.41, 5.74) is 2.91. The smallest absolute Gasteiger partial charge is 0.253 e. The van der Waals surface area contributed by atoms with Crippen LogP contribution in [-0.2, 0) is 16.1 Å². The van der Waals surface area contributed by atoms with E-state index in [0.717, 1.165) is 37.1 Å². The van der Waals surface area contributed by atoms with E-state index < -0.39 is 0 Å². The van der Waals surface area contributed by atoms with Crippen molar-refractivity contribution in [2.75, 3.05) is 43.1 Å². The molecular weight excluding hydrogens is 444 g/mol. The van der Waals surface area contributed by atoms with Gasteiger partial charge in [-0.2, -0.15) is 0 Å². The minimum absolute atomic E-state index is 0.0772. The Morgan fingerprint density at radius 3 is 2.60 bits per heavy atom. The van der Waals surface area contributed by atoms with Gasteiger partial charge in [-0.05, 0) is 57.4 Å². The number of piperidine rings is 1. The van der Waals surface area contributed by atoms with Crippen LogP contribution in [0.1, 0.15) is 49.0 Å². The molecule has 1 N–H and O–H groups in total. The molecule has 8 nitrogen and oxygen atoms in total. The summed E-state index contributed by atoms with van der Waals surface area (Å²) in [5, 5.41) is 2.92. The summed E-state index contributed by atoms with van der Waals surface area (Å²) in [7, 11) is 1.59. The van der Waals surface area contributed by atoms with E-state index >= 15 is 0 Å². The first-order valence-electron chi connectivity index (χ1n) is 12.4. The van der Waals surface area contributed by atoms with E-state index in [1.165, 1.54) is 0 Å². The van der Waals surface area contributed by atoms with Gasteiger partial charge >= 0.3 is 0 Å². The van der Waals surface area contributed by atoms with Crippen molar-refractivity contribution in [2.24, 2.45) is 0 Å². The summed E-state index contributed by atoms with van der Waals surface area (Å²) in [5.74, 6) is 0.271. The molecular formula is C27H34N4O4. The predicted molar refractivity (Wildman–Crippen MR) is 136 cm³/mol. The van der Waals surface area contributed by atoms with Crippen LogP contribution in [0.2, 0.25) is 0 Å². The first kappa shape index (κ1) is 24.6. The zero-order chi connectivity index (χ0) is 24.9. The molecule has 2 aromatic carbocycles. The maximum Gasteiger partial charge on any atom is 0.253 e. The second-order valence-corrected chi connectivity index (χ2v) is 8.90. The fraction of sp³-hybridized carbons (Fsp3) is 0.444.